The predicted octanol–water partition coefficient (Wildman–Crippen LogP) is 5.05. The highest BCUT2D eigenvalue weighted by atomic mass is 16.5. The fraction of sp³-hybridized carbons (Fsp3) is 0.393. The van der Waals surface area contributed by atoms with Crippen LogP contribution in [0.4, 0.5) is 0 Å². The minimum Gasteiger partial charge on any atom is -0.493 e. The molecule has 0 bridgehead atoms. The molecule has 0 spiro atoms. The Morgan fingerprint density at radius 1 is 1.21 bits per heavy atom. The van der Waals surface area contributed by atoms with E-state index >= 15 is 0 Å². The number of amides is 1. The first-order valence-corrected chi connectivity index (χ1v) is 12.1. The van der Waals surface area contributed by atoms with Gasteiger partial charge in [0.15, 0.2) is 0 Å². The Balaban J connectivity index is 1.54. The van der Waals surface area contributed by atoms with E-state index in [0.29, 0.717) is 13.2 Å². The normalized spacial score (nSPS) is 15.0. The molecule has 1 aliphatic rings. The van der Waals surface area contributed by atoms with Gasteiger partial charge in [-0.25, -0.2) is 0 Å². The third-order valence-corrected chi connectivity index (χ3v) is 6.24. The molecule has 1 saturated heterocycles. The number of carbonyl (C=O) groups is 1. The fourth-order valence-corrected chi connectivity index (χ4v) is 4.44. The SMILES string of the molecule is CCOc1c(/C(C)=C/C(=O)NCCCN2CCOCC2)cc2c(-c3ccccc3)coc2c1C. The average Bonchev–Trinajstić information content (AvgIpc) is 3.29. The van der Waals surface area contributed by atoms with E-state index in [2.05, 4.69) is 28.4 Å². The second-order valence-corrected chi connectivity index (χ2v) is 8.63. The smallest absolute Gasteiger partial charge is 0.244 e. The number of nitrogens with one attached hydrogen (secondary N) is 1. The first-order valence-electron chi connectivity index (χ1n) is 12.1. The van der Waals surface area contributed by atoms with Crippen LogP contribution in [-0.2, 0) is 9.53 Å². The van der Waals surface area contributed by atoms with Crippen LogP contribution in [-0.4, -0.2) is 56.8 Å². The van der Waals surface area contributed by atoms with Crippen molar-refractivity contribution in [1.82, 2.24) is 10.2 Å². The molecule has 4 rings (SSSR count). The Morgan fingerprint density at radius 3 is 2.71 bits per heavy atom. The molecule has 0 saturated carbocycles. The molecule has 2 aromatic carbocycles. The van der Waals surface area contributed by atoms with E-state index < -0.39 is 0 Å². The molecule has 6 heteroatoms. The van der Waals surface area contributed by atoms with E-state index in [1.54, 1.807) is 12.3 Å². The Labute approximate surface area is 201 Å². The molecule has 6 nitrogen and oxygen atoms in total. The van der Waals surface area contributed by atoms with Gasteiger partial charge in [-0.3, -0.25) is 9.69 Å². The fourth-order valence-electron chi connectivity index (χ4n) is 4.44. The van der Waals surface area contributed by atoms with Crippen LogP contribution in [0.15, 0.2) is 53.2 Å². The van der Waals surface area contributed by atoms with Crippen molar-refractivity contribution >= 4 is 22.4 Å². The van der Waals surface area contributed by atoms with Crippen LogP contribution in [0.5, 0.6) is 5.75 Å². The molecule has 1 amide bonds. The molecule has 180 valence electrons. The molecule has 34 heavy (non-hydrogen) atoms. The number of benzene rings is 2. The predicted molar refractivity (Wildman–Crippen MR) is 136 cm³/mol. The number of hydrogen-bond acceptors (Lipinski definition) is 5. The summed E-state index contributed by atoms with van der Waals surface area (Å²) < 4.78 is 17.4. The minimum absolute atomic E-state index is 0.0878. The summed E-state index contributed by atoms with van der Waals surface area (Å²) >= 11 is 0. The molecular formula is C28H34N2O4. The highest BCUT2D eigenvalue weighted by Crippen LogP contribution is 2.40. The van der Waals surface area contributed by atoms with Crippen molar-refractivity contribution in [2.24, 2.45) is 0 Å². The first kappa shape index (κ1) is 24.0. The number of ether oxygens (including phenoxy) is 2. The molecule has 0 radical (unpaired) electrons. The van der Waals surface area contributed by atoms with Gasteiger partial charge in [0.25, 0.3) is 0 Å². The van der Waals surface area contributed by atoms with Gasteiger partial charge in [-0.05, 0) is 50.9 Å². The van der Waals surface area contributed by atoms with Gasteiger partial charge in [-0.15, -0.1) is 0 Å². The van der Waals surface area contributed by atoms with E-state index in [1.807, 2.05) is 39.0 Å². The van der Waals surface area contributed by atoms with Crippen LogP contribution >= 0.6 is 0 Å². The van der Waals surface area contributed by atoms with Crippen molar-refractivity contribution in [3.63, 3.8) is 0 Å². The monoisotopic (exact) mass is 462 g/mol. The maximum Gasteiger partial charge on any atom is 0.244 e. The molecule has 3 aromatic rings. The van der Waals surface area contributed by atoms with Crippen molar-refractivity contribution in [3.8, 4) is 16.9 Å². The minimum atomic E-state index is -0.0878. The van der Waals surface area contributed by atoms with Gasteiger partial charge in [0.1, 0.15) is 11.3 Å². The highest BCUT2D eigenvalue weighted by Gasteiger charge is 2.19. The summed E-state index contributed by atoms with van der Waals surface area (Å²) in [6, 6.07) is 12.3. The van der Waals surface area contributed by atoms with Crippen LogP contribution in [0.25, 0.3) is 27.7 Å². The molecule has 1 N–H and O–H groups in total. The van der Waals surface area contributed by atoms with Gasteiger partial charge >= 0.3 is 0 Å². The van der Waals surface area contributed by atoms with Crippen molar-refractivity contribution in [2.45, 2.75) is 27.2 Å². The Hall–Kier alpha value is -3.09. The molecule has 1 fully saturated rings. The summed E-state index contributed by atoms with van der Waals surface area (Å²) in [5.74, 6) is 0.674. The summed E-state index contributed by atoms with van der Waals surface area (Å²) in [4.78, 5) is 15.0. The summed E-state index contributed by atoms with van der Waals surface area (Å²) in [6.07, 6.45) is 4.39. The summed E-state index contributed by atoms with van der Waals surface area (Å²) in [5.41, 5.74) is 5.65. The Kier molecular flexibility index (Phi) is 8.03. The molecule has 1 aliphatic heterocycles. The maximum atomic E-state index is 12.7. The lowest BCUT2D eigenvalue weighted by Crippen LogP contribution is -2.38. The van der Waals surface area contributed by atoms with E-state index in [1.165, 1.54) is 0 Å². The average molecular weight is 463 g/mol. The molecule has 0 aliphatic carbocycles. The standard InChI is InChI=1S/C28H34N2O4/c1-4-33-27-21(3)28-24(25(19-34-28)22-9-6-5-7-10-22)18-23(27)20(2)17-26(31)29-11-8-12-30-13-15-32-16-14-30/h5-7,9-10,17-19H,4,8,11-16H2,1-3H3,(H,29,31)/b20-17+. The van der Waals surface area contributed by atoms with Crippen molar-refractivity contribution < 1.29 is 18.7 Å². The van der Waals surface area contributed by atoms with Gasteiger partial charge < -0.3 is 19.2 Å². The topological polar surface area (TPSA) is 63.9 Å². The number of carbonyl (C=O) groups excluding carboxylic acids is 1. The zero-order valence-corrected chi connectivity index (χ0v) is 20.4. The first-order chi connectivity index (χ1) is 16.6. The molecular weight excluding hydrogens is 428 g/mol. The van der Waals surface area contributed by atoms with E-state index in [-0.39, 0.29) is 5.91 Å². The maximum absolute atomic E-state index is 12.7. The lowest BCUT2D eigenvalue weighted by molar-refractivity contribution is -0.116. The second kappa shape index (κ2) is 11.4. The molecule has 1 aromatic heterocycles. The summed E-state index contributed by atoms with van der Waals surface area (Å²) in [6.45, 7) is 11.6. The largest absolute Gasteiger partial charge is 0.493 e. The van der Waals surface area contributed by atoms with Gasteiger partial charge in [0.05, 0.1) is 26.1 Å². The molecule has 0 unspecified atom stereocenters. The Morgan fingerprint density at radius 2 is 1.97 bits per heavy atom. The van der Waals surface area contributed by atoms with Gasteiger partial charge in [0, 0.05) is 47.8 Å². The second-order valence-electron chi connectivity index (χ2n) is 8.63. The van der Waals surface area contributed by atoms with Crippen LogP contribution in [0.3, 0.4) is 0 Å². The Bertz CT molecular complexity index is 1140. The quantitative estimate of drug-likeness (QED) is 0.356. The van der Waals surface area contributed by atoms with Crippen molar-refractivity contribution in [1.29, 1.82) is 0 Å². The van der Waals surface area contributed by atoms with E-state index in [0.717, 1.165) is 83.8 Å². The van der Waals surface area contributed by atoms with Crippen LogP contribution in [0.2, 0.25) is 0 Å². The van der Waals surface area contributed by atoms with Gasteiger partial charge in [-0.1, -0.05) is 30.3 Å². The van der Waals surface area contributed by atoms with E-state index in [9.17, 15) is 4.79 Å². The lowest BCUT2D eigenvalue weighted by Gasteiger charge is -2.26. The highest BCUT2D eigenvalue weighted by molar-refractivity contribution is 6.01. The summed E-state index contributed by atoms with van der Waals surface area (Å²) in [5, 5.41) is 4.04. The van der Waals surface area contributed by atoms with Crippen LogP contribution < -0.4 is 10.1 Å². The van der Waals surface area contributed by atoms with Gasteiger partial charge in [-0.2, -0.15) is 0 Å². The number of aryl methyl sites for hydroxylation is 1. The van der Waals surface area contributed by atoms with E-state index in [4.69, 9.17) is 13.9 Å². The van der Waals surface area contributed by atoms with Crippen LogP contribution in [0, 0.1) is 6.92 Å². The summed E-state index contributed by atoms with van der Waals surface area (Å²) in [7, 11) is 0. The van der Waals surface area contributed by atoms with Crippen molar-refractivity contribution in [3.05, 3.63) is 59.9 Å². The number of hydrogen-bond donors (Lipinski definition) is 1. The molecule has 2 heterocycles. The number of nitrogens with zero attached hydrogens (tertiary/aromatic N) is 1. The van der Waals surface area contributed by atoms with Crippen molar-refractivity contribution in [2.75, 3.05) is 46.0 Å². The number of furan rings is 1. The lowest BCUT2D eigenvalue weighted by atomic mass is 9.96. The van der Waals surface area contributed by atoms with Crippen LogP contribution in [0.1, 0.15) is 31.4 Å². The zero-order valence-electron chi connectivity index (χ0n) is 20.4. The van der Waals surface area contributed by atoms with Gasteiger partial charge in [0.2, 0.25) is 5.91 Å². The number of rotatable bonds is 9. The molecule has 0 atom stereocenters. The number of fused-ring (bicyclic) bond motifs is 1. The third-order valence-electron chi connectivity index (χ3n) is 6.24. The number of morpholine rings is 1. The number of allylic oxidation sites excluding steroid dienone is 1. The zero-order chi connectivity index (χ0) is 23.9. The third kappa shape index (κ3) is 5.51.